The number of pyridine rings is 1. The number of hydrogen-bond acceptors (Lipinski definition) is 4. The number of anilines is 1. The number of likely N-dealkylation sites (N-methyl/N-ethyl adjacent to an activating group) is 1. The van der Waals surface area contributed by atoms with Gasteiger partial charge in [-0.25, -0.2) is 4.98 Å². The first kappa shape index (κ1) is 12.5. The van der Waals surface area contributed by atoms with E-state index in [-0.39, 0.29) is 5.91 Å². The number of amides is 1. The minimum absolute atomic E-state index is 0.135. The standard InChI is InChI=1S/C13H17N3O2/c1-15(9-13(18)16-6-2-3-7-16)12-5-4-11(10-17)8-14-12/h4-5,8,10H,2-3,6-7,9H2,1H3. The summed E-state index contributed by atoms with van der Waals surface area (Å²) in [5, 5.41) is 0. The van der Waals surface area contributed by atoms with Crippen molar-refractivity contribution >= 4 is 18.0 Å². The number of carbonyl (C=O) groups is 2. The molecule has 0 atom stereocenters. The quantitative estimate of drug-likeness (QED) is 0.743. The van der Waals surface area contributed by atoms with Gasteiger partial charge in [-0.15, -0.1) is 0 Å². The molecule has 5 heteroatoms. The third kappa shape index (κ3) is 2.85. The maximum atomic E-state index is 12.0. The van der Waals surface area contributed by atoms with Crippen LogP contribution >= 0.6 is 0 Å². The highest BCUT2D eigenvalue weighted by Gasteiger charge is 2.19. The third-order valence-electron chi connectivity index (χ3n) is 3.13. The highest BCUT2D eigenvalue weighted by atomic mass is 16.2. The van der Waals surface area contributed by atoms with Gasteiger partial charge < -0.3 is 9.80 Å². The molecule has 2 rings (SSSR count). The van der Waals surface area contributed by atoms with E-state index in [9.17, 15) is 9.59 Å². The van der Waals surface area contributed by atoms with Crippen molar-refractivity contribution in [2.45, 2.75) is 12.8 Å². The lowest BCUT2D eigenvalue weighted by Gasteiger charge is -2.21. The van der Waals surface area contributed by atoms with Crippen LogP contribution in [0.5, 0.6) is 0 Å². The van der Waals surface area contributed by atoms with Crippen molar-refractivity contribution < 1.29 is 9.59 Å². The molecule has 1 fully saturated rings. The minimum atomic E-state index is 0.135. The van der Waals surface area contributed by atoms with Gasteiger partial charge in [0.05, 0.1) is 6.54 Å². The summed E-state index contributed by atoms with van der Waals surface area (Å²) in [6.45, 7) is 2.06. The summed E-state index contributed by atoms with van der Waals surface area (Å²) >= 11 is 0. The second kappa shape index (κ2) is 5.62. The Hall–Kier alpha value is -1.91. The molecular formula is C13H17N3O2. The van der Waals surface area contributed by atoms with Crippen LogP contribution in [0.3, 0.4) is 0 Å². The predicted octanol–water partition coefficient (Wildman–Crippen LogP) is 0.953. The Bertz CT molecular complexity index is 424. The van der Waals surface area contributed by atoms with Crippen LogP contribution in [0.25, 0.3) is 0 Å². The van der Waals surface area contributed by atoms with E-state index in [1.165, 1.54) is 6.20 Å². The molecule has 0 aromatic carbocycles. The number of carbonyl (C=O) groups excluding carboxylic acids is 2. The molecule has 1 aliphatic heterocycles. The largest absolute Gasteiger partial charge is 0.350 e. The molecule has 5 nitrogen and oxygen atoms in total. The first-order chi connectivity index (χ1) is 8.70. The van der Waals surface area contributed by atoms with E-state index in [4.69, 9.17) is 0 Å². The second-order valence-corrected chi connectivity index (χ2v) is 4.51. The zero-order valence-corrected chi connectivity index (χ0v) is 10.5. The topological polar surface area (TPSA) is 53.5 Å². The summed E-state index contributed by atoms with van der Waals surface area (Å²) in [4.78, 5) is 30.3. The van der Waals surface area contributed by atoms with Crippen LogP contribution < -0.4 is 4.90 Å². The minimum Gasteiger partial charge on any atom is -0.350 e. The Morgan fingerprint density at radius 2 is 2.17 bits per heavy atom. The van der Waals surface area contributed by atoms with Crippen molar-refractivity contribution in [3.05, 3.63) is 23.9 Å². The van der Waals surface area contributed by atoms with Gasteiger partial charge in [0.15, 0.2) is 6.29 Å². The smallest absolute Gasteiger partial charge is 0.242 e. The maximum Gasteiger partial charge on any atom is 0.242 e. The highest BCUT2D eigenvalue weighted by molar-refractivity contribution is 5.81. The average molecular weight is 247 g/mol. The molecule has 2 heterocycles. The van der Waals surface area contributed by atoms with Gasteiger partial charge in [0.2, 0.25) is 5.91 Å². The lowest BCUT2D eigenvalue weighted by atomic mass is 10.3. The van der Waals surface area contributed by atoms with Gasteiger partial charge in [-0.3, -0.25) is 9.59 Å². The molecule has 1 saturated heterocycles. The van der Waals surface area contributed by atoms with Crippen LogP contribution in [0.15, 0.2) is 18.3 Å². The summed E-state index contributed by atoms with van der Waals surface area (Å²) in [5.41, 5.74) is 0.540. The van der Waals surface area contributed by atoms with E-state index in [2.05, 4.69) is 4.98 Å². The molecular weight excluding hydrogens is 230 g/mol. The maximum absolute atomic E-state index is 12.0. The van der Waals surface area contributed by atoms with Crippen LogP contribution in [0, 0.1) is 0 Å². The van der Waals surface area contributed by atoms with Crippen LogP contribution in [0.1, 0.15) is 23.2 Å². The van der Waals surface area contributed by atoms with Crippen LogP contribution in [-0.2, 0) is 4.79 Å². The molecule has 0 N–H and O–H groups in total. The predicted molar refractivity (Wildman–Crippen MR) is 68.7 cm³/mol. The van der Waals surface area contributed by atoms with E-state index < -0.39 is 0 Å². The van der Waals surface area contributed by atoms with Crippen LogP contribution in [-0.4, -0.2) is 48.8 Å². The second-order valence-electron chi connectivity index (χ2n) is 4.51. The molecule has 0 saturated carbocycles. The van der Waals surface area contributed by atoms with Gasteiger partial charge in [-0.2, -0.15) is 0 Å². The molecule has 96 valence electrons. The van der Waals surface area contributed by atoms with Crippen molar-refractivity contribution in [1.29, 1.82) is 0 Å². The van der Waals surface area contributed by atoms with Gasteiger partial charge in [0, 0.05) is 31.9 Å². The Morgan fingerprint density at radius 3 is 2.72 bits per heavy atom. The van der Waals surface area contributed by atoms with Crippen molar-refractivity contribution in [1.82, 2.24) is 9.88 Å². The summed E-state index contributed by atoms with van der Waals surface area (Å²) in [6.07, 6.45) is 4.47. The highest BCUT2D eigenvalue weighted by Crippen LogP contribution is 2.11. The Morgan fingerprint density at radius 1 is 1.44 bits per heavy atom. The van der Waals surface area contributed by atoms with Crippen molar-refractivity contribution in [2.24, 2.45) is 0 Å². The van der Waals surface area contributed by atoms with Crippen molar-refractivity contribution in [3.8, 4) is 0 Å². The lowest BCUT2D eigenvalue weighted by molar-refractivity contribution is -0.128. The van der Waals surface area contributed by atoms with E-state index >= 15 is 0 Å². The van der Waals surface area contributed by atoms with Gasteiger partial charge in [0.25, 0.3) is 0 Å². The van der Waals surface area contributed by atoms with E-state index in [0.29, 0.717) is 17.9 Å². The fraction of sp³-hybridized carbons (Fsp3) is 0.462. The van der Waals surface area contributed by atoms with E-state index in [1.807, 2.05) is 11.9 Å². The molecule has 1 amide bonds. The van der Waals surface area contributed by atoms with Crippen molar-refractivity contribution in [3.63, 3.8) is 0 Å². The summed E-state index contributed by atoms with van der Waals surface area (Å²) in [6, 6.07) is 3.45. The summed E-state index contributed by atoms with van der Waals surface area (Å²) < 4.78 is 0. The first-order valence-corrected chi connectivity index (χ1v) is 6.11. The molecule has 1 aromatic rings. The molecule has 0 bridgehead atoms. The van der Waals surface area contributed by atoms with Gasteiger partial charge in [0.1, 0.15) is 5.82 Å². The molecule has 1 aliphatic rings. The number of nitrogens with zero attached hydrogens (tertiary/aromatic N) is 3. The molecule has 0 spiro atoms. The monoisotopic (exact) mass is 247 g/mol. The molecule has 0 unspecified atom stereocenters. The SMILES string of the molecule is CN(CC(=O)N1CCCC1)c1ccc(C=O)cn1. The third-order valence-corrected chi connectivity index (χ3v) is 3.13. The number of hydrogen-bond donors (Lipinski definition) is 0. The van der Waals surface area contributed by atoms with Gasteiger partial charge in [-0.05, 0) is 25.0 Å². The fourth-order valence-corrected chi connectivity index (χ4v) is 2.04. The van der Waals surface area contributed by atoms with Crippen LogP contribution in [0.4, 0.5) is 5.82 Å². The van der Waals surface area contributed by atoms with Crippen LogP contribution in [0.2, 0.25) is 0 Å². The zero-order chi connectivity index (χ0) is 13.0. The normalized spacial score (nSPS) is 14.6. The van der Waals surface area contributed by atoms with E-state index in [0.717, 1.165) is 32.2 Å². The Kier molecular flexibility index (Phi) is 3.92. The summed E-state index contributed by atoms with van der Waals surface area (Å²) in [7, 11) is 1.83. The number of aromatic nitrogens is 1. The first-order valence-electron chi connectivity index (χ1n) is 6.11. The Labute approximate surface area is 106 Å². The summed E-state index contributed by atoms with van der Waals surface area (Å²) in [5.74, 6) is 0.837. The number of rotatable bonds is 4. The zero-order valence-electron chi connectivity index (χ0n) is 10.5. The fourth-order valence-electron chi connectivity index (χ4n) is 2.04. The molecule has 18 heavy (non-hydrogen) atoms. The van der Waals surface area contributed by atoms with Crippen molar-refractivity contribution in [2.75, 3.05) is 31.6 Å². The molecule has 0 radical (unpaired) electrons. The average Bonchev–Trinajstić information content (AvgIpc) is 2.92. The van der Waals surface area contributed by atoms with Gasteiger partial charge in [-0.1, -0.05) is 0 Å². The molecule has 0 aliphatic carbocycles. The molecule has 1 aromatic heterocycles. The lowest BCUT2D eigenvalue weighted by Crippen LogP contribution is -2.37. The van der Waals surface area contributed by atoms with E-state index in [1.54, 1.807) is 17.0 Å². The van der Waals surface area contributed by atoms with Gasteiger partial charge >= 0.3 is 0 Å². The number of likely N-dealkylation sites (tertiary alicyclic amines) is 1. The number of aldehydes is 1. The Balaban J connectivity index is 1.95.